The van der Waals surface area contributed by atoms with Crippen molar-refractivity contribution in [1.29, 1.82) is 0 Å². The maximum atomic E-state index is 13.6. The second-order valence-corrected chi connectivity index (χ2v) is 6.56. The number of hydrogen-bond donors (Lipinski definition) is 1. The summed E-state index contributed by atoms with van der Waals surface area (Å²) in [4.78, 5) is 16.6. The summed E-state index contributed by atoms with van der Waals surface area (Å²) in [5.74, 6) is -0.648. The Morgan fingerprint density at radius 2 is 2.08 bits per heavy atom. The lowest BCUT2D eigenvalue weighted by Crippen LogP contribution is -2.15. The van der Waals surface area contributed by atoms with E-state index in [2.05, 4.69) is 20.9 Å². The fraction of sp³-hybridized carbons (Fsp3) is 0.222. The first kappa shape index (κ1) is 16.4. The van der Waals surface area contributed by atoms with Crippen molar-refractivity contribution in [2.24, 2.45) is 7.05 Å². The van der Waals surface area contributed by atoms with Crippen LogP contribution in [0.3, 0.4) is 0 Å². The fourth-order valence-corrected chi connectivity index (χ4v) is 3.27. The van der Waals surface area contributed by atoms with E-state index >= 15 is 0 Å². The van der Waals surface area contributed by atoms with Crippen molar-refractivity contribution < 1.29 is 9.18 Å². The minimum absolute atomic E-state index is 0.00887. The van der Waals surface area contributed by atoms with Gasteiger partial charge in [-0.05, 0) is 31.5 Å². The lowest BCUT2D eigenvalue weighted by atomic mass is 10.1. The number of anilines is 1. The Balaban J connectivity index is 1.73. The molecular weight excluding hydrogens is 325 g/mol. The van der Waals surface area contributed by atoms with Gasteiger partial charge >= 0.3 is 0 Å². The van der Waals surface area contributed by atoms with Crippen LogP contribution in [-0.4, -0.2) is 15.5 Å². The SMILES string of the molecule is Cc1cc(-c2csc(NC(=O)Cc3ccccc3F)n2)c(C)n1C. The van der Waals surface area contributed by atoms with E-state index in [0.29, 0.717) is 10.7 Å². The van der Waals surface area contributed by atoms with Crippen LogP contribution in [0.15, 0.2) is 35.7 Å². The van der Waals surface area contributed by atoms with E-state index in [-0.39, 0.29) is 18.1 Å². The van der Waals surface area contributed by atoms with E-state index in [0.717, 1.165) is 22.6 Å². The molecule has 1 N–H and O–H groups in total. The Labute approximate surface area is 144 Å². The number of nitrogens with one attached hydrogen (secondary N) is 1. The van der Waals surface area contributed by atoms with Crippen LogP contribution in [0.4, 0.5) is 9.52 Å². The van der Waals surface area contributed by atoms with E-state index in [1.807, 2.05) is 26.3 Å². The third-order valence-electron chi connectivity index (χ3n) is 4.11. The molecule has 0 aliphatic carbocycles. The maximum Gasteiger partial charge on any atom is 0.230 e. The lowest BCUT2D eigenvalue weighted by molar-refractivity contribution is -0.115. The van der Waals surface area contributed by atoms with Gasteiger partial charge in [-0.15, -0.1) is 11.3 Å². The fourth-order valence-electron chi connectivity index (χ4n) is 2.55. The van der Waals surface area contributed by atoms with Crippen molar-refractivity contribution in [1.82, 2.24) is 9.55 Å². The van der Waals surface area contributed by atoms with E-state index in [9.17, 15) is 9.18 Å². The Kier molecular flexibility index (Phi) is 4.49. The quantitative estimate of drug-likeness (QED) is 0.776. The van der Waals surface area contributed by atoms with Crippen LogP contribution in [0.5, 0.6) is 0 Å². The first-order valence-corrected chi connectivity index (χ1v) is 8.45. The highest BCUT2D eigenvalue weighted by Crippen LogP contribution is 2.29. The molecule has 4 nitrogen and oxygen atoms in total. The molecule has 24 heavy (non-hydrogen) atoms. The van der Waals surface area contributed by atoms with E-state index in [1.54, 1.807) is 18.2 Å². The van der Waals surface area contributed by atoms with Crippen LogP contribution in [0.2, 0.25) is 0 Å². The molecule has 3 rings (SSSR count). The Morgan fingerprint density at radius 1 is 1.33 bits per heavy atom. The van der Waals surface area contributed by atoms with Crippen LogP contribution >= 0.6 is 11.3 Å². The molecule has 0 fully saturated rings. The summed E-state index contributed by atoms with van der Waals surface area (Å²) in [5, 5.41) is 5.18. The van der Waals surface area contributed by atoms with Gasteiger partial charge in [-0.3, -0.25) is 4.79 Å². The average Bonchev–Trinajstić information content (AvgIpc) is 3.10. The molecule has 0 saturated carbocycles. The number of rotatable bonds is 4. The molecule has 0 saturated heterocycles. The van der Waals surface area contributed by atoms with E-state index in [4.69, 9.17) is 0 Å². The van der Waals surface area contributed by atoms with Gasteiger partial charge in [0.1, 0.15) is 5.82 Å². The first-order valence-electron chi connectivity index (χ1n) is 7.58. The van der Waals surface area contributed by atoms with Crippen LogP contribution in [-0.2, 0) is 18.3 Å². The monoisotopic (exact) mass is 343 g/mol. The van der Waals surface area contributed by atoms with Crippen molar-refractivity contribution >= 4 is 22.4 Å². The molecule has 2 aromatic heterocycles. The molecule has 0 aliphatic heterocycles. The lowest BCUT2D eigenvalue weighted by Gasteiger charge is -2.03. The molecule has 2 heterocycles. The van der Waals surface area contributed by atoms with Gasteiger partial charge in [0.2, 0.25) is 5.91 Å². The Hall–Kier alpha value is -2.47. The third kappa shape index (κ3) is 3.23. The normalized spacial score (nSPS) is 10.8. The number of amides is 1. The highest BCUT2D eigenvalue weighted by molar-refractivity contribution is 7.14. The molecule has 0 unspecified atom stereocenters. The number of aromatic nitrogens is 2. The smallest absolute Gasteiger partial charge is 0.230 e. The molecule has 0 aliphatic rings. The zero-order chi connectivity index (χ0) is 17.3. The molecule has 3 aromatic rings. The third-order valence-corrected chi connectivity index (χ3v) is 4.87. The second kappa shape index (κ2) is 6.57. The van der Waals surface area contributed by atoms with Crippen LogP contribution in [0.1, 0.15) is 17.0 Å². The molecule has 1 amide bonds. The number of halogens is 1. The highest BCUT2D eigenvalue weighted by Gasteiger charge is 2.14. The van der Waals surface area contributed by atoms with Crippen molar-refractivity contribution in [2.45, 2.75) is 20.3 Å². The van der Waals surface area contributed by atoms with Gasteiger partial charge < -0.3 is 9.88 Å². The molecular formula is C18H18FN3OS. The second-order valence-electron chi connectivity index (χ2n) is 5.70. The molecule has 0 spiro atoms. The van der Waals surface area contributed by atoms with Gasteiger partial charge in [-0.1, -0.05) is 18.2 Å². The minimum Gasteiger partial charge on any atom is -0.351 e. The molecule has 0 radical (unpaired) electrons. The number of aryl methyl sites for hydroxylation is 1. The standard InChI is InChI=1S/C18H18FN3OS/c1-11-8-14(12(2)22(11)3)16-10-24-18(20-16)21-17(23)9-13-6-4-5-7-15(13)19/h4-8,10H,9H2,1-3H3,(H,20,21,23). The molecule has 6 heteroatoms. The van der Waals surface area contributed by atoms with E-state index in [1.165, 1.54) is 17.4 Å². The maximum absolute atomic E-state index is 13.6. The number of nitrogens with zero attached hydrogens (tertiary/aromatic N) is 2. The van der Waals surface area contributed by atoms with Crippen LogP contribution < -0.4 is 5.32 Å². The number of carbonyl (C=O) groups excluding carboxylic acids is 1. The van der Waals surface area contributed by atoms with Crippen LogP contribution in [0.25, 0.3) is 11.3 Å². The summed E-state index contributed by atoms with van der Waals surface area (Å²) >= 11 is 1.37. The first-order chi connectivity index (χ1) is 11.5. The summed E-state index contributed by atoms with van der Waals surface area (Å²) < 4.78 is 15.7. The Morgan fingerprint density at radius 3 is 2.75 bits per heavy atom. The predicted octanol–water partition coefficient (Wildman–Crippen LogP) is 4.09. The summed E-state index contributed by atoms with van der Waals surface area (Å²) in [6.45, 7) is 4.08. The Bertz CT molecular complexity index is 898. The zero-order valence-electron chi connectivity index (χ0n) is 13.8. The molecule has 1 aromatic carbocycles. The zero-order valence-corrected chi connectivity index (χ0v) is 14.6. The number of carbonyl (C=O) groups is 1. The summed E-state index contributed by atoms with van der Waals surface area (Å²) in [6, 6.07) is 8.36. The highest BCUT2D eigenvalue weighted by atomic mass is 32.1. The average molecular weight is 343 g/mol. The number of hydrogen-bond acceptors (Lipinski definition) is 3. The van der Waals surface area contributed by atoms with Gasteiger partial charge in [0, 0.05) is 29.4 Å². The van der Waals surface area contributed by atoms with Gasteiger partial charge in [0.15, 0.2) is 5.13 Å². The van der Waals surface area contributed by atoms with Crippen molar-refractivity contribution in [3.05, 3.63) is 58.5 Å². The van der Waals surface area contributed by atoms with Gasteiger partial charge in [0.05, 0.1) is 12.1 Å². The summed E-state index contributed by atoms with van der Waals surface area (Å²) in [5.41, 5.74) is 4.55. The number of benzene rings is 1. The van der Waals surface area contributed by atoms with E-state index < -0.39 is 0 Å². The largest absolute Gasteiger partial charge is 0.351 e. The van der Waals surface area contributed by atoms with Gasteiger partial charge in [-0.25, -0.2) is 9.37 Å². The molecule has 124 valence electrons. The van der Waals surface area contributed by atoms with Crippen molar-refractivity contribution in [3.63, 3.8) is 0 Å². The molecule has 0 atom stereocenters. The minimum atomic E-state index is -0.372. The van der Waals surface area contributed by atoms with Gasteiger partial charge in [0.25, 0.3) is 0 Å². The van der Waals surface area contributed by atoms with Crippen molar-refractivity contribution in [2.75, 3.05) is 5.32 Å². The predicted molar refractivity (Wildman–Crippen MR) is 94.7 cm³/mol. The van der Waals surface area contributed by atoms with Crippen molar-refractivity contribution in [3.8, 4) is 11.3 Å². The molecule has 0 bridgehead atoms. The summed E-state index contributed by atoms with van der Waals surface area (Å²) in [6.07, 6.45) is -0.00887. The van der Waals surface area contributed by atoms with Crippen LogP contribution in [0, 0.1) is 19.7 Å². The topological polar surface area (TPSA) is 46.9 Å². The number of thiazole rings is 1. The summed E-state index contributed by atoms with van der Waals surface area (Å²) in [7, 11) is 2.01. The van der Waals surface area contributed by atoms with Gasteiger partial charge in [-0.2, -0.15) is 0 Å².